The van der Waals surface area contributed by atoms with Gasteiger partial charge in [0, 0.05) is 11.1 Å². The minimum absolute atomic E-state index is 0.128. The Bertz CT molecular complexity index is 452. The second kappa shape index (κ2) is 5.29. The Morgan fingerprint density at radius 2 is 1.88 bits per heavy atom. The first-order chi connectivity index (χ1) is 8.16. The van der Waals surface area contributed by atoms with Gasteiger partial charge in [0.05, 0.1) is 6.04 Å². The third kappa shape index (κ3) is 3.05. The summed E-state index contributed by atoms with van der Waals surface area (Å²) in [6, 6.07) is 8.19. The number of halogens is 1. The first-order valence-electron chi connectivity index (χ1n) is 5.53. The number of rotatable bonds is 4. The van der Waals surface area contributed by atoms with Crippen molar-refractivity contribution in [2.24, 2.45) is 0 Å². The van der Waals surface area contributed by atoms with Crippen LogP contribution in [0, 0.1) is 0 Å². The largest absolute Gasteiger partial charge is 0.301 e. The molecule has 0 amide bonds. The van der Waals surface area contributed by atoms with Crippen molar-refractivity contribution in [3.8, 4) is 0 Å². The van der Waals surface area contributed by atoms with E-state index in [1.54, 1.807) is 0 Å². The van der Waals surface area contributed by atoms with Crippen LogP contribution in [0.5, 0.6) is 0 Å². The van der Waals surface area contributed by atoms with Gasteiger partial charge in [0.1, 0.15) is 12.2 Å². The normalized spacial score (nSPS) is 14.5. The maximum atomic E-state index is 5.86. The Morgan fingerprint density at radius 3 is 2.47 bits per heavy atom. The molecule has 1 heterocycles. The van der Waals surface area contributed by atoms with Gasteiger partial charge in [0.15, 0.2) is 0 Å². The highest BCUT2D eigenvalue weighted by atomic mass is 35.5. The molecule has 2 atom stereocenters. The van der Waals surface area contributed by atoms with Crippen LogP contribution < -0.4 is 5.32 Å². The first kappa shape index (κ1) is 12.1. The molecule has 2 unspecified atom stereocenters. The number of aromatic amines is 1. The fourth-order valence-electron chi connectivity index (χ4n) is 1.73. The quantitative estimate of drug-likeness (QED) is 0.877. The Kier molecular flexibility index (Phi) is 3.76. The number of nitrogens with one attached hydrogen (secondary N) is 2. The van der Waals surface area contributed by atoms with Crippen LogP contribution >= 0.6 is 11.6 Å². The number of aromatic nitrogens is 3. The molecule has 0 saturated heterocycles. The standard InChI is InChI=1S/C12H15ClN4/c1-8(10-3-5-11(13)6-4-10)16-9(2)12-14-7-15-17-12/h3-9,16H,1-2H3,(H,14,15,17). The van der Waals surface area contributed by atoms with Gasteiger partial charge >= 0.3 is 0 Å². The molecule has 2 rings (SSSR count). The SMILES string of the molecule is CC(NC(C)c1ncn[nH]1)c1ccc(Cl)cc1. The number of hydrogen-bond acceptors (Lipinski definition) is 3. The lowest BCUT2D eigenvalue weighted by molar-refractivity contribution is 0.477. The van der Waals surface area contributed by atoms with Crippen molar-refractivity contribution in [2.75, 3.05) is 0 Å². The first-order valence-corrected chi connectivity index (χ1v) is 5.91. The van der Waals surface area contributed by atoms with Crippen LogP contribution in [0.3, 0.4) is 0 Å². The Morgan fingerprint density at radius 1 is 1.18 bits per heavy atom. The van der Waals surface area contributed by atoms with Crippen molar-refractivity contribution in [1.29, 1.82) is 0 Å². The number of nitrogens with zero attached hydrogens (tertiary/aromatic N) is 2. The highest BCUT2D eigenvalue weighted by Crippen LogP contribution is 2.19. The van der Waals surface area contributed by atoms with E-state index >= 15 is 0 Å². The van der Waals surface area contributed by atoms with Gasteiger partial charge in [-0.15, -0.1) is 0 Å². The molecule has 17 heavy (non-hydrogen) atoms. The molecule has 0 aliphatic rings. The molecule has 0 bridgehead atoms. The predicted octanol–water partition coefficient (Wildman–Crippen LogP) is 2.87. The minimum Gasteiger partial charge on any atom is -0.301 e. The second-order valence-electron chi connectivity index (χ2n) is 4.03. The highest BCUT2D eigenvalue weighted by molar-refractivity contribution is 6.30. The summed E-state index contributed by atoms with van der Waals surface area (Å²) in [5.41, 5.74) is 1.20. The van der Waals surface area contributed by atoms with E-state index < -0.39 is 0 Å². The van der Waals surface area contributed by atoms with Gasteiger partial charge in [-0.2, -0.15) is 5.10 Å². The van der Waals surface area contributed by atoms with Crippen molar-refractivity contribution in [2.45, 2.75) is 25.9 Å². The van der Waals surface area contributed by atoms with E-state index in [1.807, 2.05) is 31.2 Å². The molecular formula is C12H15ClN4. The summed E-state index contributed by atoms with van der Waals surface area (Å²) in [6.45, 7) is 4.16. The van der Waals surface area contributed by atoms with Gasteiger partial charge in [0.2, 0.25) is 0 Å². The van der Waals surface area contributed by atoms with Crippen molar-refractivity contribution in [1.82, 2.24) is 20.5 Å². The monoisotopic (exact) mass is 250 g/mol. The molecule has 5 heteroatoms. The third-order valence-electron chi connectivity index (χ3n) is 2.71. The molecule has 2 N–H and O–H groups in total. The minimum atomic E-state index is 0.128. The summed E-state index contributed by atoms with van der Waals surface area (Å²) in [5, 5.41) is 10.9. The zero-order chi connectivity index (χ0) is 12.3. The molecule has 0 aliphatic carbocycles. The van der Waals surface area contributed by atoms with Gasteiger partial charge in [-0.1, -0.05) is 23.7 Å². The number of hydrogen-bond donors (Lipinski definition) is 2. The van der Waals surface area contributed by atoms with E-state index in [2.05, 4.69) is 27.4 Å². The molecule has 0 aliphatic heterocycles. The van der Waals surface area contributed by atoms with Crippen molar-refractivity contribution < 1.29 is 0 Å². The van der Waals surface area contributed by atoms with Gasteiger partial charge in [-0.05, 0) is 31.5 Å². The Hall–Kier alpha value is -1.39. The molecular weight excluding hydrogens is 236 g/mol. The number of benzene rings is 1. The summed E-state index contributed by atoms with van der Waals surface area (Å²) >= 11 is 5.86. The smallest absolute Gasteiger partial charge is 0.141 e. The molecule has 4 nitrogen and oxygen atoms in total. The van der Waals surface area contributed by atoms with E-state index in [4.69, 9.17) is 11.6 Å². The molecule has 0 saturated carbocycles. The summed E-state index contributed by atoms with van der Waals surface area (Å²) in [7, 11) is 0. The molecule has 1 aromatic heterocycles. The van der Waals surface area contributed by atoms with Crippen molar-refractivity contribution in [3.63, 3.8) is 0 Å². The highest BCUT2D eigenvalue weighted by Gasteiger charge is 2.12. The van der Waals surface area contributed by atoms with Crippen LogP contribution in [0.25, 0.3) is 0 Å². The van der Waals surface area contributed by atoms with Crippen molar-refractivity contribution >= 4 is 11.6 Å². The molecule has 2 aromatic rings. The summed E-state index contributed by atoms with van der Waals surface area (Å²) in [6.07, 6.45) is 1.51. The van der Waals surface area contributed by atoms with Gasteiger partial charge in [-0.3, -0.25) is 5.10 Å². The fourth-order valence-corrected chi connectivity index (χ4v) is 1.85. The van der Waals surface area contributed by atoms with E-state index in [-0.39, 0.29) is 12.1 Å². The lowest BCUT2D eigenvalue weighted by atomic mass is 10.1. The van der Waals surface area contributed by atoms with E-state index in [0.717, 1.165) is 10.8 Å². The molecule has 1 aromatic carbocycles. The van der Waals surface area contributed by atoms with Crippen LogP contribution in [0.4, 0.5) is 0 Å². The average Bonchev–Trinajstić information content (AvgIpc) is 2.83. The maximum absolute atomic E-state index is 5.86. The van der Waals surface area contributed by atoms with Gasteiger partial charge in [0.25, 0.3) is 0 Å². The summed E-state index contributed by atoms with van der Waals surface area (Å²) in [5.74, 6) is 0.839. The molecule has 0 fully saturated rings. The van der Waals surface area contributed by atoms with Gasteiger partial charge in [-0.25, -0.2) is 4.98 Å². The molecule has 90 valence electrons. The summed E-state index contributed by atoms with van der Waals surface area (Å²) < 4.78 is 0. The van der Waals surface area contributed by atoms with Crippen LogP contribution in [-0.2, 0) is 0 Å². The number of H-pyrrole nitrogens is 1. The van der Waals surface area contributed by atoms with E-state index in [0.29, 0.717) is 0 Å². The zero-order valence-corrected chi connectivity index (χ0v) is 10.6. The van der Waals surface area contributed by atoms with E-state index in [9.17, 15) is 0 Å². The zero-order valence-electron chi connectivity index (χ0n) is 9.81. The predicted molar refractivity (Wildman–Crippen MR) is 67.8 cm³/mol. The van der Waals surface area contributed by atoms with E-state index in [1.165, 1.54) is 11.9 Å². The maximum Gasteiger partial charge on any atom is 0.141 e. The Labute approximate surface area is 105 Å². The second-order valence-corrected chi connectivity index (χ2v) is 4.47. The van der Waals surface area contributed by atoms with Crippen LogP contribution in [0.15, 0.2) is 30.6 Å². The van der Waals surface area contributed by atoms with Gasteiger partial charge < -0.3 is 5.32 Å². The topological polar surface area (TPSA) is 53.6 Å². The van der Waals surface area contributed by atoms with Crippen LogP contribution in [0.1, 0.15) is 37.3 Å². The average molecular weight is 251 g/mol. The van der Waals surface area contributed by atoms with Crippen LogP contribution in [-0.4, -0.2) is 15.2 Å². The van der Waals surface area contributed by atoms with Crippen molar-refractivity contribution in [3.05, 3.63) is 47.0 Å². The summed E-state index contributed by atoms with van der Waals surface area (Å²) in [4.78, 5) is 4.13. The third-order valence-corrected chi connectivity index (χ3v) is 2.97. The Balaban J connectivity index is 2.01. The fraction of sp³-hybridized carbons (Fsp3) is 0.333. The lowest BCUT2D eigenvalue weighted by Gasteiger charge is -2.18. The lowest BCUT2D eigenvalue weighted by Crippen LogP contribution is -2.23. The molecule has 0 radical (unpaired) electrons. The molecule has 0 spiro atoms. The van der Waals surface area contributed by atoms with Crippen LogP contribution in [0.2, 0.25) is 5.02 Å².